The fourth-order valence-electron chi connectivity index (χ4n) is 5.17. The molecule has 1 saturated carbocycles. The summed E-state index contributed by atoms with van der Waals surface area (Å²) < 4.78 is 13.3. The van der Waals surface area contributed by atoms with E-state index in [1.807, 2.05) is 19.2 Å². The summed E-state index contributed by atoms with van der Waals surface area (Å²) in [6, 6.07) is 1.81. The third kappa shape index (κ3) is 3.34. The van der Waals surface area contributed by atoms with Crippen LogP contribution in [-0.2, 0) is 13.1 Å². The average molecular weight is 424 g/mol. The fraction of sp³-hybridized carbons (Fsp3) is 0.522. The third-order valence-electron chi connectivity index (χ3n) is 6.76. The van der Waals surface area contributed by atoms with Gasteiger partial charge in [-0.2, -0.15) is 4.98 Å². The summed E-state index contributed by atoms with van der Waals surface area (Å²) in [5.41, 5.74) is 2.35. The predicted molar refractivity (Wildman–Crippen MR) is 119 cm³/mol. The number of aromatic amines is 1. The van der Waals surface area contributed by atoms with Gasteiger partial charge < -0.3 is 23.9 Å². The van der Waals surface area contributed by atoms with Crippen LogP contribution in [-0.4, -0.2) is 40.3 Å². The molecule has 164 valence electrons. The number of ether oxygens (including phenoxy) is 2. The standard InChI is InChI=1S/C23H29N5O3/c1-14-19-17(11-18(30-2)20(14)31-3)25-23(26-22(19)29)27-9-10-28-16(13-27)12-24-21(28)15-7-5-4-6-8-15/h11-12,15H,4-10,13H2,1-3H3,(H,25,26,29). The molecule has 2 aliphatic rings. The first-order chi connectivity index (χ1) is 15.1. The molecule has 1 fully saturated rings. The lowest BCUT2D eigenvalue weighted by atomic mass is 9.88. The van der Waals surface area contributed by atoms with E-state index in [9.17, 15) is 4.79 Å². The van der Waals surface area contributed by atoms with Crippen molar-refractivity contribution in [1.29, 1.82) is 0 Å². The summed E-state index contributed by atoms with van der Waals surface area (Å²) in [4.78, 5) is 27.5. The Morgan fingerprint density at radius 1 is 1.13 bits per heavy atom. The topological polar surface area (TPSA) is 85.3 Å². The van der Waals surface area contributed by atoms with Crippen molar-refractivity contribution in [2.45, 2.75) is 58.0 Å². The lowest BCUT2D eigenvalue weighted by Gasteiger charge is -2.31. The van der Waals surface area contributed by atoms with Crippen LogP contribution < -0.4 is 19.9 Å². The van der Waals surface area contributed by atoms with Crippen LogP contribution in [0, 0.1) is 6.92 Å². The van der Waals surface area contributed by atoms with Crippen molar-refractivity contribution in [3.05, 3.63) is 39.7 Å². The third-order valence-corrected chi connectivity index (χ3v) is 6.76. The first kappa shape index (κ1) is 19.9. The van der Waals surface area contributed by atoms with Crippen molar-refractivity contribution in [3.8, 4) is 11.5 Å². The second-order valence-electron chi connectivity index (χ2n) is 8.54. The van der Waals surface area contributed by atoms with Crippen LogP contribution in [0.4, 0.5) is 5.95 Å². The quantitative estimate of drug-likeness (QED) is 0.691. The van der Waals surface area contributed by atoms with Gasteiger partial charge in [-0.05, 0) is 19.8 Å². The molecular weight excluding hydrogens is 394 g/mol. The molecule has 2 aromatic heterocycles. The second kappa shape index (κ2) is 7.90. The zero-order valence-corrected chi connectivity index (χ0v) is 18.4. The molecule has 1 aromatic carbocycles. The Hall–Kier alpha value is -3.03. The summed E-state index contributed by atoms with van der Waals surface area (Å²) in [5, 5.41) is 0.531. The number of aromatic nitrogens is 4. The average Bonchev–Trinajstić information content (AvgIpc) is 3.22. The minimum atomic E-state index is -0.260. The normalized spacial score (nSPS) is 17.1. The number of nitrogens with one attached hydrogen (secondary N) is 1. The van der Waals surface area contributed by atoms with Crippen molar-refractivity contribution in [1.82, 2.24) is 19.5 Å². The number of anilines is 1. The molecule has 0 amide bonds. The maximum absolute atomic E-state index is 12.9. The monoisotopic (exact) mass is 423 g/mol. The van der Waals surface area contributed by atoms with Crippen molar-refractivity contribution >= 4 is 16.9 Å². The Balaban J connectivity index is 1.48. The van der Waals surface area contributed by atoms with Gasteiger partial charge in [0.2, 0.25) is 5.95 Å². The van der Waals surface area contributed by atoms with Crippen LogP contribution in [0.5, 0.6) is 11.5 Å². The second-order valence-corrected chi connectivity index (χ2v) is 8.54. The Morgan fingerprint density at radius 2 is 1.94 bits per heavy atom. The van der Waals surface area contributed by atoms with Gasteiger partial charge in [-0.25, -0.2) is 4.98 Å². The van der Waals surface area contributed by atoms with E-state index in [0.29, 0.717) is 40.8 Å². The van der Waals surface area contributed by atoms with Gasteiger partial charge in [-0.3, -0.25) is 4.79 Å². The minimum absolute atomic E-state index is 0.260. The number of rotatable bonds is 4. The number of methoxy groups -OCH3 is 2. The van der Waals surface area contributed by atoms with Crippen LogP contribution >= 0.6 is 0 Å². The number of fused-ring (bicyclic) bond motifs is 2. The van der Waals surface area contributed by atoms with E-state index in [1.165, 1.54) is 43.6 Å². The molecular formula is C23H29N5O3. The van der Waals surface area contributed by atoms with E-state index in [1.54, 1.807) is 14.2 Å². The zero-order valence-electron chi connectivity index (χ0n) is 18.4. The van der Waals surface area contributed by atoms with Gasteiger partial charge >= 0.3 is 0 Å². The highest BCUT2D eigenvalue weighted by Crippen LogP contribution is 2.36. The van der Waals surface area contributed by atoms with E-state index < -0.39 is 0 Å². The largest absolute Gasteiger partial charge is 0.493 e. The molecule has 0 bridgehead atoms. The Morgan fingerprint density at radius 3 is 2.68 bits per heavy atom. The van der Waals surface area contributed by atoms with Crippen molar-refractivity contribution in [2.75, 3.05) is 25.7 Å². The molecule has 0 atom stereocenters. The number of hydrogen-bond acceptors (Lipinski definition) is 6. The minimum Gasteiger partial charge on any atom is -0.493 e. The van der Waals surface area contributed by atoms with Crippen LogP contribution in [0.1, 0.15) is 55.1 Å². The van der Waals surface area contributed by atoms with Gasteiger partial charge in [0.05, 0.1) is 43.6 Å². The van der Waals surface area contributed by atoms with Crippen molar-refractivity contribution < 1.29 is 9.47 Å². The van der Waals surface area contributed by atoms with E-state index in [2.05, 4.69) is 19.4 Å². The first-order valence-electron chi connectivity index (χ1n) is 11.1. The molecule has 8 heteroatoms. The maximum atomic E-state index is 12.9. The van der Waals surface area contributed by atoms with Crippen molar-refractivity contribution in [2.24, 2.45) is 0 Å². The SMILES string of the molecule is COc1cc2[nH]c(N3CCn4c(cnc4C4CCCCC4)C3)nc(=O)c2c(C)c1OC. The molecule has 3 aromatic rings. The number of H-pyrrole nitrogens is 1. The lowest BCUT2D eigenvalue weighted by molar-refractivity contribution is 0.354. The summed E-state index contributed by atoms with van der Waals surface area (Å²) in [7, 11) is 3.17. The van der Waals surface area contributed by atoms with Crippen LogP contribution in [0.2, 0.25) is 0 Å². The Labute approximate surface area is 181 Å². The lowest BCUT2D eigenvalue weighted by Crippen LogP contribution is -2.36. The molecule has 0 saturated heterocycles. The summed E-state index contributed by atoms with van der Waals surface area (Å²) >= 11 is 0. The molecule has 0 spiro atoms. The molecule has 31 heavy (non-hydrogen) atoms. The van der Waals surface area contributed by atoms with Gasteiger partial charge in [-0.1, -0.05) is 19.3 Å². The zero-order chi connectivity index (χ0) is 21.5. The molecule has 3 heterocycles. The number of aryl methyl sites for hydroxylation is 1. The van der Waals surface area contributed by atoms with E-state index in [4.69, 9.17) is 14.5 Å². The maximum Gasteiger partial charge on any atom is 0.282 e. The van der Waals surface area contributed by atoms with E-state index in [-0.39, 0.29) is 5.56 Å². The summed E-state index contributed by atoms with van der Waals surface area (Å²) in [5.74, 6) is 3.55. The van der Waals surface area contributed by atoms with Gasteiger partial charge in [0.25, 0.3) is 5.56 Å². The molecule has 0 radical (unpaired) electrons. The first-order valence-corrected chi connectivity index (χ1v) is 11.1. The van der Waals surface area contributed by atoms with Gasteiger partial charge in [0.1, 0.15) is 5.82 Å². The van der Waals surface area contributed by atoms with Gasteiger partial charge in [-0.15, -0.1) is 0 Å². The Bertz CT molecular complexity index is 1180. The number of nitrogens with zero attached hydrogens (tertiary/aromatic N) is 4. The molecule has 1 aliphatic heterocycles. The summed E-state index contributed by atoms with van der Waals surface area (Å²) in [6.07, 6.45) is 8.42. The molecule has 0 unspecified atom stereocenters. The number of imidazole rings is 1. The highest BCUT2D eigenvalue weighted by Gasteiger charge is 2.27. The van der Waals surface area contributed by atoms with E-state index in [0.717, 1.165) is 18.7 Å². The molecule has 8 nitrogen and oxygen atoms in total. The number of hydrogen-bond donors (Lipinski definition) is 1. The highest BCUT2D eigenvalue weighted by molar-refractivity contribution is 5.86. The van der Waals surface area contributed by atoms with Crippen molar-refractivity contribution in [3.63, 3.8) is 0 Å². The summed E-state index contributed by atoms with van der Waals surface area (Å²) in [6.45, 7) is 4.17. The molecule has 5 rings (SSSR count). The highest BCUT2D eigenvalue weighted by atomic mass is 16.5. The van der Waals surface area contributed by atoms with Gasteiger partial charge in [0.15, 0.2) is 11.5 Å². The van der Waals surface area contributed by atoms with E-state index >= 15 is 0 Å². The van der Waals surface area contributed by atoms with Gasteiger partial charge in [0, 0.05) is 30.6 Å². The molecule has 1 aliphatic carbocycles. The predicted octanol–water partition coefficient (Wildman–Crippen LogP) is 3.51. The Kier molecular flexibility index (Phi) is 5.08. The smallest absolute Gasteiger partial charge is 0.282 e. The number of benzene rings is 1. The fourth-order valence-corrected chi connectivity index (χ4v) is 5.17. The van der Waals surface area contributed by atoms with Crippen LogP contribution in [0.25, 0.3) is 10.9 Å². The van der Waals surface area contributed by atoms with Crippen LogP contribution in [0.15, 0.2) is 17.1 Å². The van der Waals surface area contributed by atoms with Crippen LogP contribution in [0.3, 0.4) is 0 Å². The molecule has 1 N–H and O–H groups in total.